The highest BCUT2D eigenvalue weighted by Gasteiger charge is 2.36. The van der Waals surface area contributed by atoms with Gasteiger partial charge in [-0.2, -0.15) is 0 Å². The van der Waals surface area contributed by atoms with Crippen molar-refractivity contribution in [3.8, 4) is 0 Å². The smallest absolute Gasteiger partial charge is 0.320 e. The monoisotopic (exact) mass is 316 g/mol. The number of hydrogen-bond acceptors (Lipinski definition) is 4. The fourth-order valence-corrected chi connectivity index (χ4v) is 3.01. The molecule has 2 rings (SSSR count). The van der Waals surface area contributed by atoms with Crippen molar-refractivity contribution in [3.05, 3.63) is 21.3 Å². The summed E-state index contributed by atoms with van der Waals surface area (Å²) in [6.45, 7) is 2.17. The molecule has 1 fully saturated rings. The highest BCUT2D eigenvalue weighted by Crippen LogP contribution is 2.28. The van der Waals surface area contributed by atoms with E-state index in [2.05, 4.69) is 5.32 Å². The third kappa shape index (κ3) is 4.19. The van der Waals surface area contributed by atoms with Crippen LogP contribution in [0, 0.1) is 0 Å². The average molecular weight is 317 g/mol. The van der Waals surface area contributed by atoms with Crippen molar-refractivity contribution < 1.29 is 14.7 Å². The molecule has 1 aromatic heterocycles. The number of carboxylic acid groups (broad SMARTS) is 1. The summed E-state index contributed by atoms with van der Waals surface area (Å²) in [6, 6.07) is 3.25. The predicted octanol–water partition coefficient (Wildman–Crippen LogP) is 1.96. The molecular formula is C13H17ClN2O3S. The van der Waals surface area contributed by atoms with Crippen molar-refractivity contribution in [2.45, 2.75) is 38.4 Å². The first-order valence-corrected chi connectivity index (χ1v) is 7.66. The minimum absolute atomic E-state index is 0.122. The summed E-state index contributed by atoms with van der Waals surface area (Å²) >= 11 is 7.24. The van der Waals surface area contributed by atoms with Gasteiger partial charge in [-0.1, -0.05) is 11.6 Å². The van der Waals surface area contributed by atoms with Crippen molar-refractivity contribution in [2.24, 2.45) is 0 Å². The Labute approximate surface area is 126 Å². The molecule has 1 aromatic rings. The van der Waals surface area contributed by atoms with E-state index in [0.29, 0.717) is 10.9 Å². The van der Waals surface area contributed by atoms with Crippen molar-refractivity contribution >= 4 is 34.8 Å². The summed E-state index contributed by atoms with van der Waals surface area (Å²) < 4.78 is 0.688. The van der Waals surface area contributed by atoms with Crippen molar-refractivity contribution in [3.63, 3.8) is 0 Å². The van der Waals surface area contributed by atoms with Crippen LogP contribution in [0.25, 0.3) is 0 Å². The van der Waals surface area contributed by atoms with Gasteiger partial charge in [0.1, 0.15) is 6.04 Å². The molecule has 5 nitrogen and oxygen atoms in total. The fraction of sp³-hybridized carbons (Fsp3) is 0.538. The zero-order valence-electron chi connectivity index (χ0n) is 11.1. The molecule has 1 aliphatic carbocycles. The second-order valence-corrected chi connectivity index (χ2v) is 6.70. The number of amides is 1. The number of nitrogens with one attached hydrogen (secondary N) is 1. The maximum atomic E-state index is 11.9. The number of nitrogens with zero attached hydrogens (tertiary/aromatic N) is 1. The molecule has 2 N–H and O–H groups in total. The first kappa shape index (κ1) is 15.3. The van der Waals surface area contributed by atoms with Crippen molar-refractivity contribution in [1.29, 1.82) is 0 Å². The zero-order chi connectivity index (χ0) is 14.7. The first-order valence-electron chi connectivity index (χ1n) is 6.47. The Morgan fingerprint density at radius 2 is 2.25 bits per heavy atom. The van der Waals surface area contributed by atoms with Crippen molar-refractivity contribution in [1.82, 2.24) is 10.2 Å². The number of hydrogen-bond donors (Lipinski definition) is 2. The number of aliphatic carboxylic acids is 1. The number of carbonyl (C=O) groups is 2. The van der Waals surface area contributed by atoms with Gasteiger partial charge in [-0.15, -0.1) is 11.3 Å². The van der Waals surface area contributed by atoms with E-state index in [9.17, 15) is 9.59 Å². The minimum Gasteiger partial charge on any atom is -0.480 e. The Kier molecular flexibility index (Phi) is 5.01. The molecule has 0 saturated heterocycles. The summed E-state index contributed by atoms with van der Waals surface area (Å²) in [5.41, 5.74) is 0. The Hall–Kier alpha value is -1.11. The predicted molar refractivity (Wildman–Crippen MR) is 78.0 cm³/mol. The zero-order valence-corrected chi connectivity index (χ0v) is 12.7. The van der Waals surface area contributed by atoms with Gasteiger partial charge in [0.05, 0.1) is 17.4 Å². The van der Waals surface area contributed by atoms with Gasteiger partial charge < -0.3 is 10.4 Å². The molecule has 7 heteroatoms. The molecule has 0 spiro atoms. The van der Waals surface area contributed by atoms with Crippen LogP contribution >= 0.6 is 22.9 Å². The third-order valence-corrected chi connectivity index (χ3v) is 4.52. The molecule has 1 aliphatic rings. The molecule has 110 valence electrons. The van der Waals surface area contributed by atoms with E-state index in [1.54, 1.807) is 17.9 Å². The van der Waals surface area contributed by atoms with Gasteiger partial charge in [0.25, 0.3) is 0 Å². The average Bonchev–Trinajstić information content (AvgIpc) is 3.15. The van der Waals surface area contributed by atoms with E-state index in [0.717, 1.165) is 17.7 Å². The number of rotatable bonds is 7. The number of carboxylic acids is 1. The van der Waals surface area contributed by atoms with Crippen LogP contribution in [0.1, 0.15) is 24.6 Å². The number of thiophene rings is 1. The molecular weight excluding hydrogens is 300 g/mol. The van der Waals surface area contributed by atoms with E-state index in [1.807, 2.05) is 6.07 Å². The molecule has 0 aliphatic heterocycles. The summed E-state index contributed by atoms with van der Waals surface area (Å²) in [5.74, 6) is -1.05. The molecule has 1 amide bonds. The van der Waals surface area contributed by atoms with Crippen LogP contribution in [0.3, 0.4) is 0 Å². The normalized spacial score (nSPS) is 16.1. The summed E-state index contributed by atoms with van der Waals surface area (Å²) in [5, 5.41) is 11.9. The lowest BCUT2D eigenvalue weighted by Crippen LogP contribution is -2.46. The van der Waals surface area contributed by atoms with E-state index in [4.69, 9.17) is 16.7 Å². The van der Waals surface area contributed by atoms with Crippen LogP contribution in [-0.2, 0) is 16.1 Å². The van der Waals surface area contributed by atoms with Gasteiger partial charge >= 0.3 is 5.97 Å². The van der Waals surface area contributed by atoms with Crippen LogP contribution < -0.4 is 5.32 Å². The lowest BCUT2D eigenvalue weighted by atomic mass is 10.2. The summed E-state index contributed by atoms with van der Waals surface area (Å²) in [6.07, 6.45) is 1.93. The summed E-state index contributed by atoms with van der Waals surface area (Å²) in [4.78, 5) is 25.7. The quantitative estimate of drug-likeness (QED) is 0.807. The molecule has 0 aromatic carbocycles. The topological polar surface area (TPSA) is 69.6 Å². The van der Waals surface area contributed by atoms with E-state index in [1.165, 1.54) is 11.3 Å². The standard InChI is InChI=1S/C13H17ClN2O3S/c1-8(13(18)19)16(9-2-3-9)7-12(17)15-6-10-4-5-11(14)20-10/h4-5,8-9H,2-3,6-7H2,1H3,(H,15,17)(H,18,19). The van der Waals surface area contributed by atoms with Gasteiger partial charge in [-0.05, 0) is 31.9 Å². The van der Waals surface area contributed by atoms with Crippen LogP contribution in [0.15, 0.2) is 12.1 Å². The lowest BCUT2D eigenvalue weighted by molar-refractivity contribution is -0.143. The largest absolute Gasteiger partial charge is 0.480 e. The number of halogens is 1. The second-order valence-electron chi connectivity index (χ2n) is 4.90. The van der Waals surface area contributed by atoms with Crippen LogP contribution in [0.5, 0.6) is 0 Å². The Morgan fingerprint density at radius 1 is 1.55 bits per heavy atom. The van der Waals surface area contributed by atoms with Crippen LogP contribution in [0.4, 0.5) is 0 Å². The molecule has 0 bridgehead atoms. The van der Waals surface area contributed by atoms with E-state index >= 15 is 0 Å². The SMILES string of the molecule is CC(C(=O)O)N(CC(=O)NCc1ccc(Cl)s1)C1CC1. The minimum atomic E-state index is -0.894. The fourth-order valence-electron chi connectivity index (χ4n) is 1.98. The third-order valence-electron chi connectivity index (χ3n) is 3.29. The second kappa shape index (κ2) is 6.56. The maximum absolute atomic E-state index is 11.9. The van der Waals surface area contributed by atoms with Gasteiger partial charge in [0, 0.05) is 10.9 Å². The Morgan fingerprint density at radius 3 is 2.75 bits per heavy atom. The molecule has 0 radical (unpaired) electrons. The van der Waals surface area contributed by atoms with Crippen LogP contribution in [0.2, 0.25) is 4.34 Å². The van der Waals surface area contributed by atoms with Gasteiger partial charge in [-0.25, -0.2) is 0 Å². The Balaban J connectivity index is 1.84. The van der Waals surface area contributed by atoms with E-state index in [-0.39, 0.29) is 18.5 Å². The maximum Gasteiger partial charge on any atom is 0.320 e. The highest BCUT2D eigenvalue weighted by molar-refractivity contribution is 7.16. The molecule has 20 heavy (non-hydrogen) atoms. The van der Waals surface area contributed by atoms with Crippen LogP contribution in [-0.4, -0.2) is 40.5 Å². The summed E-state index contributed by atoms with van der Waals surface area (Å²) in [7, 11) is 0. The van der Waals surface area contributed by atoms with Gasteiger partial charge in [-0.3, -0.25) is 14.5 Å². The van der Waals surface area contributed by atoms with Gasteiger partial charge in [0.2, 0.25) is 5.91 Å². The molecule has 1 heterocycles. The molecule has 1 saturated carbocycles. The highest BCUT2D eigenvalue weighted by atomic mass is 35.5. The first-order chi connectivity index (χ1) is 9.47. The molecule has 1 unspecified atom stereocenters. The molecule has 1 atom stereocenters. The van der Waals surface area contributed by atoms with Crippen molar-refractivity contribution in [2.75, 3.05) is 6.54 Å². The van der Waals surface area contributed by atoms with Gasteiger partial charge in [0.15, 0.2) is 0 Å². The Bertz CT molecular complexity index is 502. The van der Waals surface area contributed by atoms with E-state index < -0.39 is 12.0 Å². The number of carbonyl (C=O) groups excluding carboxylic acids is 1. The lowest BCUT2D eigenvalue weighted by Gasteiger charge is -2.25.